The van der Waals surface area contributed by atoms with Gasteiger partial charge in [-0.1, -0.05) is 36.4 Å². The first-order valence-electron chi connectivity index (χ1n) is 6.38. The number of carboxylic acids is 1. The van der Waals surface area contributed by atoms with E-state index in [2.05, 4.69) is 5.32 Å². The summed E-state index contributed by atoms with van der Waals surface area (Å²) in [6, 6.07) is 9.85. The minimum Gasteiger partial charge on any atom is -0.480 e. The summed E-state index contributed by atoms with van der Waals surface area (Å²) in [7, 11) is 0. The van der Waals surface area contributed by atoms with E-state index in [0.717, 1.165) is 5.56 Å². The molecule has 1 rings (SSSR count). The number of nitrogens with zero attached hydrogens (tertiary/aromatic N) is 1. The van der Waals surface area contributed by atoms with E-state index >= 15 is 0 Å². The molecule has 0 bridgehead atoms. The lowest BCUT2D eigenvalue weighted by Crippen LogP contribution is -2.40. The molecule has 0 aliphatic rings. The molecule has 0 saturated heterocycles. The number of hydrogen-bond donors (Lipinski definition) is 2. The number of carboxylic acid groups (broad SMARTS) is 1. The van der Waals surface area contributed by atoms with Gasteiger partial charge in [-0.25, -0.2) is 9.59 Å². The molecule has 0 fully saturated rings. The zero-order valence-corrected chi connectivity index (χ0v) is 11.4. The summed E-state index contributed by atoms with van der Waals surface area (Å²) in [4.78, 5) is 22.6. The fraction of sp³-hybridized carbons (Fsp3) is 0.267. The highest BCUT2D eigenvalue weighted by molar-refractivity contribution is 5.79. The lowest BCUT2D eigenvalue weighted by atomic mass is 10.1. The van der Waals surface area contributed by atoms with Crippen molar-refractivity contribution in [3.05, 3.63) is 48.0 Å². The SMILES string of the molecule is N#C/C=C\CC[C@H](NC(=O)OCc1ccccc1)C(=O)O. The Morgan fingerprint density at radius 3 is 2.71 bits per heavy atom. The molecule has 0 aromatic heterocycles. The molecule has 0 saturated carbocycles. The third-order valence-electron chi connectivity index (χ3n) is 2.62. The number of hydrogen-bond acceptors (Lipinski definition) is 4. The Balaban J connectivity index is 2.40. The fourth-order valence-electron chi connectivity index (χ4n) is 1.56. The number of aliphatic carboxylic acids is 1. The van der Waals surface area contributed by atoms with Crippen LogP contribution < -0.4 is 5.32 Å². The Labute approximate surface area is 122 Å². The fourth-order valence-corrected chi connectivity index (χ4v) is 1.56. The first-order valence-corrected chi connectivity index (χ1v) is 6.38. The highest BCUT2D eigenvalue weighted by Gasteiger charge is 2.19. The number of carbonyl (C=O) groups excluding carboxylic acids is 1. The predicted octanol–water partition coefficient (Wildman–Crippen LogP) is 2.23. The van der Waals surface area contributed by atoms with Gasteiger partial charge in [0.2, 0.25) is 0 Å². The summed E-state index contributed by atoms with van der Waals surface area (Å²) in [5.74, 6) is -1.14. The molecule has 6 nitrogen and oxygen atoms in total. The quantitative estimate of drug-likeness (QED) is 0.749. The number of nitriles is 1. The Morgan fingerprint density at radius 2 is 2.10 bits per heavy atom. The van der Waals surface area contributed by atoms with Crippen molar-refractivity contribution in [1.29, 1.82) is 5.26 Å². The van der Waals surface area contributed by atoms with Crippen LogP contribution in [0.2, 0.25) is 0 Å². The average Bonchev–Trinajstić information content (AvgIpc) is 2.49. The highest BCUT2D eigenvalue weighted by atomic mass is 16.5. The minimum absolute atomic E-state index is 0.0767. The van der Waals surface area contributed by atoms with Crippen LogP contribution in [-0.2, 0) is 16.1 Å². The molecule has 0 aliphatic carbocycles. The Hall–Kier alpha value is -2.81. The number of carbonyl (C=O) groups is 2. The molecule has 1 aromatic carbocycles. The minimum atomic E-state index is -1.14. The van der Waals surface area contributed by atoms with Gasteiger partial charge in [-0.15, -0.1) is 0 Å². The van der Waals surface area contributed by atoms with Crippen LogP contribution in [0.15, 0.2) is 42.5 Å². The Kier molecular flexibility index (Phi) is 7.08. The molecule has 0 heterocycles. The van der Waals surface area contributed by atoms with Crippen molar-refractivity contribution in [2.45, 2.75) is 25.5 Å². The topological polar surface area (TPSA) is 99.4 Å². The lowest BCUT2D eigenvalue weighted by molar-refractivity contribution is -0.139. The Morgan fingerprint density at radius 1 is 1.38 bits per heavy atom. The van der Waals surface area contributed by atoms with Gasteiger partial charge < -0.3 is 15.2 Å². The van der Waals surface area contributed by atoms with Gasteiger partial charge in [-0.05, 0) is 18.4 Å². The normalized spacial score (nSPS) is 11.6. The summed E-state index contributed by atoms with van der Waals surface area (Å²) >= 11 is 0. The van der Waals surface area contributed by atoms with Crippen molar-refractivity contribution >= 4 is 12.1 Å². The molecule has 1 aromatic rings. The van der Waals surface area contributed by atoms with Crippen molar-refractivity contribution in [3.63, 3.8) is 0 Å². The molecular formula is C15H16N2O4. The first kappa shape index (κ1) is 16.2. The number of benzene rings is 1. The van der Waals surface area contributed by atoms with E-state index in [1.54, 1.807) is 18.2 Å². The second-order valence-electron chi connectivity index (χ2n) is 4.21. The standard InChI is InChI=1S/C15H16N2O4/c16-10-6-2-5-9-13(14(18)19)17-15(20)21-11-12-7-3-1-4-8-12/h1-4,6-8,13H,5,9,11H2,(H,17,20)(H,18,19)/b6-2-/t13-/m0/s1. The number of nitrogens with one attached hydrogen (secondary N) is 1. The molecule has 6 heteroatoms. The summed E-state index contributed by atoms with van der Waals surface area (Å²) < 4.78 is 4.95. The maximum Gasteiger partial charge on any atom is 0.408 e. The summed E-state index contributed by atoms with van der Waals surface area (Å²) in [5, 5.41) is 19.6. The average molecular weight is 288 g/mol. The molecule has 0 spiro atoms. The van der Waals surface area contributed by atoms with Gasteiger partial charge in [0.15, 0.2) is 0 Å². The maximum atomic E-state index is 11.6. The molecule has 1 amide bonds. The third-order valence-corrected chi connectivity index (χ3v) is 2.62. The van der Waals surface area contributed by atoms with Crippen molar-refractivity contribution in [2.24, 2.45) is 0 Å². The molecule has 1 atom stereocenters. The van der Waals surface area contributed by atoms with E-state index in [0.29, 0.717) is 6.42 Å². The molecular weight excluding hydrogens is 272 g/mol. The van der Waals surface area contributed by atoms with Gasteiger partial charge in [0.25, 0.3) is 0 Å². The monoisotopic (exact) mass is 288 g/mol. The van der Waals surface area contributed by atoms with Crippen LogP contribution in [0, 0.1) is 11.3 Å². The van der Waals surface area contributed by atoms with Crippen molar-refractivity contribution < 1.29 is 19.4 Å². The number of ether oxygens (including phenoxy) is 1. The summed E-state index contributed by atoms with van der Waals surface area (Å²) in [6.07, 6.45) is 2.60. The van der Waals surface area contributed by atoms with Crippen molar-refractivity contribution in [3.8, 4) is 6.07 Å². The van der Waals surface area contributed by atoms with Crippen LogP contribution >= 0.6 is 0 Å². The van der Waals surface area contributed by atoms with E-state index < -0.39 is 18.1 Å². The number of amides is 1. The second-order valence-corrected chi connectivity index (χ2v) is 4.21. The Bertz CT molecular complexity index is 534. The van der Waals surface area contributed by atoms with E-state index in [1.807, 2.05) is 24.3 Å². The van der Waals surface area contributed by atoms with Crippen LogP contribution in [-0.4, -0.2) is 23.2 Å². The molecule has 2 N–H and O–H groups in total. The van der Waals surface area contributed by atoms with Gasteiger partial charge in [0, 0.05) is 6.08 Å². The zero-order valence-electron chi connectivity index (χ0n) is 11.4. The summed E-state index contributed by atoms with van der Waals surface area (Å²) in [6.45, 7) is 0.0767. The lowest BCUT2D eigenvalue weighted by Gasteiger charge is -2.13. The van der Waals surface area contributed by atoms with Crippen molar-refractivity contribution in [2.75, 3.05) is 0 Å². The van der Waals surface area contributed by atoms with E-state index in [-0.39, 0.29) is 13.0 Å². The van der Waals surface area contributed by atoms with Crippen LogP contribution in [0.3, 0.4) is 0 Å². The van der Waals surface area contributed by atoms with Crippen LogP contribution in [0.5, 0.6) is 0 Å². The third kappa shape index (κ3) is 6.78. The summed E-state index contributed by atoms with van der Waals surface area (Å²) in [5.41, 5.74) is 0.816. The molecule has 0 radical (unpaired) electrons. The van der Waals surface area contributed by atoms with Crippen LogP contribution in [0.1, 0.15) is 18.4 Å². The van der Waals surface area contributed by atoms with Crippen molar-refractivity contribution in [1.82, 2.24) is 5.32 Å². The van der Waals surface area contributed by atoms with Gasteiger partial charge in [-0.2, -0.15) is 5.26 Å². The molecule has 0 unspecified atom stereocenters. The van der Waals surface area contributed by atoms with Gasteiger partial charge in [0.1, 0.15) is 12.6 Å². The van der Waals surface area contributed by atoms with E-state index in [4.69, 9.17) is 15.1 Å². The predicted molar refractivity (Wildman–Crippen MR) is 75.2 cm³/mol. The van der Waals surface area contributed by atoms with Gasteiger partial charge in [0.05, 0.1) is 6.07 Å². The smallest absolute Gasteiger partial charge is 0.408 e. The second kappa shape index (κ2) is 9.15. The first-order chi connectivity index (χ1) is 10.1. The van der Waals surface area contributed by atoms with Gasteiger partial charge in [-0.3, -0.25) is 0 Å². The van der Waals surface area contributed by atoms with Crippen LogP contribution in [0.25, 0.3) is 0 Å². The number of allylic oxidation sites excluding steroid dienone is 2. The number of alkyl carbamates (subject to hydrolysis) is 1. The molecule has 110 valence electrons. The van der Waals surface area contributed by atoms with E-state index in [9.17, 15) is 9.59 Å². The van der Waals surface area contributed by atoms with Gasteiger partial charge >= 0.3 is 12.1 Å². The molecule has 0 aliphatic heterocycles. The largest absolute Gasteiger partial charge is 0.480 e. The zero-order chi connectivity index (χ0) is 15.5. The number of rotatable bonds is 7. The molecule has 21 heavy (non-hydrogen) atoms. The van der Waals surface area contributed by atoms with Crippen LogP contribution in [0.4, 0.5) is 4.79 Å². The maximum absolute atomic E-state index is 11.6. The van der Waals surface area contributed by atoms with E-state index in [1.165, 1.54) is 6.08 Å². The highest BCUT2D eigenvalue weighted by Crippen LogP contribution is 2.03.